The van der Waals surface area contributed by atoms with E-state index in [9.17, 15) is 44.4 Å². The van der Waals surface area contributed by atoms with Crippen LogP contribution in [0.4, 0.5) is 0 Å². The van der Waals surface area contributed by atoms with Crippen molar-refractivity contribution in [1.29, 1.82) is 0 Å². The van der Waals surface area contributed by atoms with Gasteiger partial charge < -0.3 is 44.1 Å². The molecule has 7 atom stereocenters. The van der Waals surface area contributed by atoms with E-state index in [2.05, 4.69) is 10.5 Å². The highest BCUT2D eigenvalue weighted by molar-refractivity contribution is 5.96. The second-order valence-electron chi connectivity index (χ2n) is 19.1. The first-order chi connectivity index (χ1) is 30.2. The van der Waals surface area contributed by atoms with Crippen LogP contribution >= 0.6 is 0 Å². The molecule has 2 saturated carbocycles. The first-order valence-corrected chi connectivity index (χ1v) is 21.9. The van der Waals surface area contributed by atoms with E-state index in [1.165, 1.54) is 6.92 Å². The number of carbonyl (C=O) groups is 5. The van der Waals surface area contributed by atoms with E-state index < -0.39 is 76.6 Å². The summed E-state index contributed by atoms with van der Waals surface area (Å²) in [6, 6.07) is 0. The highest BCUT2D eigenvalue weighted by atomic mass is 16.6. The van der Waals surface area contributed by atoms with Crippen LogP contribution in [-0.4, -0.2) is 97.9 Å². The number of rotatable bonds is 18. The van der Waals surface area contributed by atoms with Crippen LogP contribution in [0.25, 0.3) is 0 Å². The molecule has 4 unspecified atom stereocenters. The first kappa shape index (κ1) is 52.1. The van der Waals surface area contributed by atoms with Gasteiger partial charge in [-0.05, 0) is 64.5 Å². The molecule has 0 radical (unpaired) electrons. The smallest absolute Gasteiger partial charge is 0.377 e. The van der Waals surface area contributed by atoms with Gasteiger partial charge in [0.15, 0.2) is 17.6 Å². The molecule has 2 aliphatic heterocycles. The molecule has 0 aromatic rings. The molecule has 0 bridgehead atoms. The van der Waals surface area contributed by atoms with Crippen molar-refractivity contribution in [3.8, 4) is 0 Å². The third-order valence-electron chi connectivity index (χ3n) is 12.4. The van der Waals surface area contributed by atoms with E-state index >= 15 is 0 Å². The number of carbonyl (C=O) groups excluding carboxylic acids is 5. The molecule has 2 heterocycles. The second-order valence-corrected chi connectivity index (χ2v) is 19.1. The molecule has 0 spiro atoms. The number of fused-ring (bicyclic) bond motifs is 1. The van der Waals surface area contributed by atoms with Crippen LogP contribution in [0, 0.1) is 10.8 Å². The first-order valence-electron chi connectivity index (χ1n) is 21.9. The number of aliphatic hydroxyl groups is 4. The van der Waals surface area contributed by atoms with Gasteiger partial charge in [-0.3, -0.25) is 19.2 Å². The lowest BCUT2D eigenvalue weighted by Gasteiger charge is -2.44. The SMILES string of the molecule is CC(=O)OC1CC(C)(C)C(=C=C/C=C/C=C/C(C)=C/C=C/C=C(C)/C=C/C=C(\C)C(=O)CC23OC2(C)CC(OC(=O)CCC(=O)OC[C@H](O)[C@H]2OC(=O)C(O)=C2O)CC3(C)C)[C@@](C)(O)C1. The number of epoxide rings is 1. The highest BCUT2D eigenvalue weighted by Gasteiger charge is 2.76. The molecule has 3 fully saturated rings. The lowest BCUT2D eigenvalue weighted by atomic mass is 9.61. The van der Waals surface area contributed by atoms with Gasteiger partial charge in [-0.1, -0.05) is 106 Å². The summed E-state index contributed by atoms with van der Waals surface area (Å²) in [5.74, 6) is -4.95. The summed E-state index contributed by atoms with van der Waals surface area (Å²) < 4.78 is 27.0. The Kier molecular flexibility index (Phi) is 17.0. The lowest BCUT2D eigenvalue weighted by Crippen LogP contribution is -2.49. The Morgan fingerprint density at radius 2 is 1.40 bits per heavy atom. The average molecular weight is 903 g/mol. The quantitative estimate of drug-likeness (QED) is 0.0258. The Labute approximate surface area is 382 Å². The van der Waals surface area contributed by atoms with E-state index in [1.54, 1.807) is 26.0 Å². The third-order valence-corrected chi connectivity index (χ3v) is 12.4. The number of cyclic esters (lactones) is 1. The Morgan fingerprint density at radius 1 is 0.785 bits per heavy atom. The molecular weight excluding hydrogens is 837 g/mol. The van der Waals surface area contributed by atoms with E-state index in [0.717, 1.165) is 16.7 Å². The van der Waals surface area contributed by atoms with Crippen molar-refractivity contribution < 1.29 is 68.1 Å². The Bertz CT molecular complexity index is 2160. The van der Waals surface area contributed by atoms with Crippen LogP contribution < -0.4 is 0 Å². The maximum Gasteiger partial charge on any atom is 0.377 e. The number of hydrogen-bond donors (Lipinski definition) is 4. The summed E-state index contributed by atoms with van der Waals surface area (Å²) in [5.41, 5.74) is 3.18. The zero-order chi connectivity index (χ0) is 48.5. The van der Waals surface area contributed by atoms with Crippen LogP contribution in [-0.2, 0) is 47.7 Å². The van der Waals surface area contributed by atoms with Gasteiger partial charge in [0.05, 0.1) is 24.0 Å². The molecule has 65 heavy (non-hydrogen) atoms. The van der Waals surface area contributed by atoms with E-state index in [0.29, 0.717) is 31.3 Å². The number of allylic oxidation sites excluding steroid dienone is 14. The van der Waals surface area contributed by atoms with Crippen LogP contribution in [0.15, 0.2) is 112 Å². The number of hydrogen-bond acceptors (Lipinski definition) is 14. The molecule has 4 aliphatic rings. The van der Waals surface area contributed by atoms with E-state index in [1.807, 2.05) is 109 Å². The maximum atomic E-state index is 13.5. The van der Waals surface area contributed by atoms with Crippen LogP contribution in [0.5, 0.6) is 0 Å². The molecule has 14 nitrogen and oxygen atoms in total. The van der Waals surface area contributed by atoms with Crippen molar-refractivity contribution >= 4 is 29.7 Å². The zero-order valence-corrected chi connectivity index (χ0v) is 39.3. The fourth-order valence-corrected chi connectivity index (χ4v) is 9.19. The largest absolute Gasteiger partial charge is 0.505 e. The monoisotopic (exact) mass is 902 g/mol. The Morgan fingerprint density at radius 3 is 1.98 bits per heavy atom. The summed E-state index contributed by atoms with van der Waals surface area (Å²) in [6.45, 7) is 18.1. The molecule has 0 aromatic carbocycles. The van der Waals surface area contributed by atoms with Crippen molar-refractivity contribution in [3.63, 3.8) is 0 Å². The molecule has 4 rings (SSSR count). The number of ether oxygens (including phenoxy) is 5. The van der Waals surface area contributed by atoms with Gasteiger partial charge >= 0.3 is 23.9 Å². The topological polar surface area (TPSA) is 216 Å². The molecular formula is C51H66O14. The Balaban J connectivity index is 1.20. The minimum Gasteiger partial charge on any atom is -0.505 e. The molecule has 354 valence electrons. The molecule has 0 amide bonds. The van der Waals surface area contributed by atoms with Crippen LogP contribution in [0.3, 0.4) is 0 Å². The molecule has 1 saturated heterocycles. The van der Waals surface area contributed by atoms with Gasteiger partial charge in [-0.2, -0.15) is 0 Å². The number of ketones is 1. The normalized spacial score (nSPS) is 29.5. The van der Waals surface area contributed by atoms with Crippen LogP contribution in [0.2, 0.25) is 0 Å². The predicted octanol–water partition coefficient (Wildman–Crippen LogP) is 7.79. The van der Waals surface area contributed by atoms with Crippen molar-refractivity contribution in [2.75, 3.05) is 6.61 Å². The number of esters is 4. The van der Waals surface area contributed by atoms with Crippen molar-refractivity contribution in [2.24, 2.45) is 10.8 Å². The van der Waals surface area contributed by atoms with Gasteiger partial charge in [0.2, 0.25) is 5.76 Å². The fraction of sp³-hybridized carbons (Fsp3) is 0.529. The minimum atomic E-state index is -1.63. The highest BCUT2D eigenvalue weighted by Crippen LogP contribution is 2.67. The summed E-state index contributed by atoms with van der Waals surface area (Å²) >= 11 is 0. The summed E-state index contributed by atoms with van der Waals surface area (Å²) in [5, 5.41) is 40.2. The van der Waals surface area contributed by atoms with Crippen LogP contribution in [0.1, 0.15) is 114 Å². The molecule has 4 N–H and O–H groups in total. The van der Waals surface area contributed by atoms with Gasteiger partial charge in [0.25, 0.3) is 0 Å². The second kappa shape index (κ2) is 21.2. The standard InChI is InChI=1S/C51H66O14/c1-32(18-13-11-12-14-23-40-47(5,6)26-36(62-35(4)52)28-49(40,9)60)19-15-16-20-33(2)21-17-22-34(3)38(53)30-51-48(7,8)27-37(29-50(51,10)65-51)63-42(56)25-24-41(55)61-31-39(54)45-43(57)44(58)46(59)64-45/h11-22,36-37,39,45,54,57-58,60H,24-31H2,1-10H3/b12-11+,16-15+,18-13+,21-17+,32-19+,33-20+,34-22+/t23?,36?,37?,39-,45+,49-,50?,51?/m0/s1. The van der Waals surface area contributed by atoms with E-state index in [4.69, 9.17) is 18.9 Å². The molecule has 2 aliphatic carbocycles. The lowest BCUT2D eigenvalue weighted by molar-refractivity contribution is -0.159. The van der Waals surface area contributed by atoms with Gasteiger partial charge in [-0.15, -0.1) is 5.73 Å². The van der Waals surface area contributed by atoms with Gasteiger partial charge in [0.1, 0.15) is 30.5 Å². The molecule has 14 heteroatoms. The summed E-state index contributed by atoms with van der Waals surface area (Å²) in [6.07, 6.45) is 20.1. The minimum absolute atomic E-state index is 0.0465. The predicted molar refractivity (Wildman–Crippen MR) is 242 cm³/mol. The third kappa shape index (κ3) is 13.5. The summed E-state index contributed by atoms with van der Waals surface area (Å²) in [4.78, 5) is 61.2. The van der Waals surface area contributed by atoms with Crippen molar-refractivity contribution in [1.82, 2.24) is 0 Å². The number of Topliss-reactive ketones (excluding diaryl/α,β-unsaturated/α-hetero) is 1. The fourth-order valence-electron chi connectivity index (χ4n) is 9.19. The van der Waals surface area contributed by atoms with Gasteiger partial charge in [0, 0.05) is 37.2 Å². The average Bonchev–Trinajstić information content (AvgIpc) is 3.72. The molecule has 0 aromatic heterocycles. The van der Waals surface area contributed by atoms with Crippen molar-refractivity contribution in [2.45, 2.75) is 155 Å². The number of aliphatic hydroxyl groups excluding tert-OH is 3. The van der Waals surface area contributed by atoms with Gasteiger partial charge in [-0.25, -0.2) is 4.79 Å². The maximum absolute atomic E-state index is 13.5. The summed E-state index contributed by atoms with van der Waals surface area (Å²) in [7, 11) is 0. The van der Waals surface area contributed by atoms with E-state index in [-0.39, 0.29) is 42.5 Å². The van der Waals surface area contributed by atoms with Crippen molar-refractivity contribution in [3.05, 3.63) is 112 Å². The Hall–Kier alpha value is -5.53. The zero-order valence-electron chi connectivity index (χ0n) is 39.3.